The van der Waals surface area contributed by atoms with E-state index >= 15 is 0 Å². The van der Waals surface area contributed by atoms with E-state index < -0.39 is 6.10 Å². The molecule has 0 aliphatic rings. The third-order valence-corrected chi connectivity index (χ3v) is 3.73. The largest absolute Gasteiger partial charge is 0.419 e. The normalized spacial score (nSPS) is 12.4. The van der Waals surface area contributed by atoms with Crippen molar-refractivity contribution >= 4 is 11.3 Å². The van der Waals surface area contributed by atoms with Crippen molar-refractivity contribution in [3.8, 4) is 11.5 Å². The second-order valence-electron chi connectivity index (χ2n) is 4.57. The van der Waals surface area contributed by atoms with Crippen LogP contribution in [0.4, 0.5) is 0 Å². The van der Waals surface area contributed by atoms with Crippen LogP contribution in [0.5, 0.6) is 0 Å². The predicted octanol–water partition coefficient (Wildman–Crippen LogP) is 2.62. The van der Waals surface area contributed by atoms with Crippen molar-refractivity contribution in [3.63, 3.8) is 0 Å². The smallest absolute Gasteiger partial charge is 0.247 e. The van der Waals surface area contributed by atoms with Crippen LogP contribution in [0, 0.1) is 0 Å². The van der Waals surface area contributed by atoms with Crippen molar-refractivity contribution in [2.24, 2.45) is 0 Å². The number of benzene rings is 1. The van der Waals surface area contributed by atoms with Gasteiger partial charge in [-0.05, 0) is 34.5 Å². The number of nitrogens with one attached hydrogen (secondary N) is 1. The molecular formula is C15H15N3O2S. The van der Waals surface area contributed by atoms with Gasteiger partial charge in [-0.25, -0.2) is 0 Å². The topological polar surface area (TPSA) is 71.2 Å². The van der Waals surface area contributed by atoms with Gasteiger partial charge in [-0.3, -0.25) is 0 Å². The molecule has 2 heterocycles. The first-order valence-electron chi connectivity index (χ1n) is 6.61. The number of aromatic nitrogens is 2. The van der Waals surface area contributed by atoms with Gasteiger partial charge in [0.05, 0.1) is 12.6 Å². The SMILES string of the molecule is OC(CNCc1nnc(-c2ccccc2)o1)c1ccsc1. The summed E-state index contributed by atoms with van der Waals surface area (Å²) in [5.41, 5.74) is 1.82. The first-order valence-corrected chi connectivity index (χ1v) is 7.56. The van der Waals surface area contributed by atoms with Crippen molar-refractivity contribution < 1.29 is 9.52 Å². The van der Waals surface area contributed by atoms with Crippen LogP contribution in [0.1, 0.15) is 17.6 Å². The zero-order chi connectivity index (χ0) is 14.5. The second kappa shape index (κ2) is 6.62. The van der Waals surface area contributed by atoms with Gasteiger partial charge < -0.3 is 14.8 Å². The summed E-state index contributed by atoms with van der Waals surface area (Å²) >= 11 is 1.57. The molecular weight excluding hydrogens is 286 g/mol. The zero-order valence-electron chi connectivity index (χ0n) is 11.3. The molecule has 2 aromatic heterocycles. The number of nitrogens with zero attached hydrogens (tertiary/aromatic N) is 2. The Hall–Kier alpha value is -2.02. The molecule has 3 aromatic rings. The van der Waals surface area contributed by atoms with Gasteiger partial charge in [-0.2, -0.15) is 11.3 Å². The fourth-order valence-corrected chi connectivity index (χ4v) is 2.63. The molecule has 6 heteroatoms. The third-order valence-electron chi connectivity index (χ3n) is 3.03. The molecule has 0 saturated heterocycles. The summed E-state index contributed by atoms with van der Waals surface area (Å²) in [6, 6.07) is 11.5. The molecule has 0 radical (unpaired) electrons. The third kappa shape index (κ3) is 3.55. The van der Waals surface area contributed by atoms with Crippen molar-refractivity contribution in [3.05, 3.63) is 58.6 Å². The lowest BCUT2D eigenvalue weighted by atomic mass is 10.2. The molecule has 1 aromatic carbocycles. The van der Waals surface area contributed by atoms with E-state index in [1.807, 2.05) is 47.2 Å². The monoisotopic (exact) mass is 301 g/mol. The van der Waals surface area contributed by atoms with Crippen molar-refractivity contribution in [1.82, 2.24) is 15.5 Å². The minimum absolute atomic E-state index is 0.432. The van der Waals surface area contributed by atoms with E-state index in [1.54, 1.807) is 11.3 Å². The van der Waals surface area contributed by atoms with Crippen LogP contribution in [0.15, 0.2) is 51.6 Å². The van der Waals surface area contributed by atoms with Gasteiger partial charge >= 0.3 is 0 Å². The van der Waals surface area contributed by atoms with Crippen LogP contribution in [0.25, 0.3) is 11.5 Å². The molecule has 108 valence electrons. The fraction of sp³-hybridized carbons (Fsp3) is 0.200. The summed E-state index contributed by atoms with van der Waals surface area (Å²) in [4.78, 5) is 0. The minimum Gasteiger partial charge on any atom is -0.419 e. The Labute approximate surface area is 126 Å². The number of aliphatic hydroxyl groups is 1. The number of hydrogen-bond acceptors (Lipinski definition) is 6. The van der Waals surface area contributed by atoms with Gasteiger partial charge in [0.25, 0.3) is 0 Å². The molecule has 1 unspecified atom stereocenters. The summed E-state index contributed by atoms with van der Waals surface area (Å²) in [6.45, 7) is 0.876. The lowest BCUT2D eigenvalue weighted by molar-refractivity contribution is 0.173. The Kier molecular flexibility index (Phi) is 4.40. The van der Waals surface area contributed by atoms with E-state index in [-0.39, 0.29) is 0 Å². The number of hydrogen-bond donors (Lipinski definition) is 2. The molecule has 0 spiro atoms. The maximum atomic E-state index is 9.95. The van der Waals surface area contributed by atoms with Gasteiger partial charge in [0, 0.05) is 12.1 Å². The van der Waals surface area contributed by atoms with Crippen molar-refractivity contribution in [1.29, 1.82) is 0 Å². The first kappa shape index (κ1) is 13.9. The highest BCUT2D eigenvalue weighted by Crippen LogP contribution is 2.17. The molecule has 0 saturated carbocycles. The molecule has 0 aliphatic carbocycles. The van der Waals surface area contributed by atoms with Crippen LogP contribution in [-0.2, 0) is 6.54 Å². The number of rotatable bonds is 6. The average molecular weight is 301 g/mol. The summed E-state index contributed by atoms with van der Waals surface area (Å²) in [5, 5.41) is 25.0. The highest BCUT2D eigenvalue weighted by atomic mass is 32.1. The summed E-state index contributed by atoms with van der Waals surface area (Å²) in [5.74, 6) is 1.01. The molecule has 0 bridgehead atoms. The Morgan fingerprint density at radius 3 is 2.81 bits per heavy atom. The molecule has 0 fully saturated rings. The number of thiophene rings is 1. The van der Waals surface area contributed by atoms with E-state index in [4.69, 9.17) is 4.42 Å². The van der Waals surface area contributed by atoms with E-state index in [2.05, 4.69) is 15.5 Å². The van der Waals surface area contributed by atoms with E-state index in [0.29, 0.717) is 24.9 Å². The van der Waals surface area contributed by atoms with Crippen LogP contribution >= 0.6 is 11.3 Å². The zero-order valence-corrected chi connectivity index (χ0v) is 12.1. The van der Waals surface area contributed by atoms with Crippen LogP contribution < -0.4 is 5.32 Å². The van der Waals surface area contributed by atoms with E-state index in [1.165, 1.54) is 0 Å². The summed E-state index contributed by atoms with van der Waals surface area (Å²) < 4.78 is 5.58. The van der Waals surface area contributed by atoms with Gasteiger partial charge in [-0.15, -0.1) is 10.2 Å². The molecule has 1 atom stereocenters. The van der Waals surface area contributed by atoms with Crippen LogP contribution in [0.2, 0.25) is 0 Å². The fourth-order valence-electron chi connectivity index (χ4n) is 1.92. The van der Waals surface area contributed by atoms with Crippen LogP contribution in [-0.4, -0.2) is 21.8 Å². The lowest BCUT2D eigenvalue weighted by Crippen LogP contribution is -2.20. The molecule has 3 rings (SSSR count). The molecule has 0 amide bonds. The molecule has 0 aliphatic heterocycles. The Morgan fingerprint density at radius 2 is 2.05 bits per heavy atom. The van der Waals surface area contributed by atoms with Gasteiger partial charge in [-0.1, -0.05) is 18.2 Å². The second-order valence-corrected chi connectivity index (χ2v) is 5.35. The van der Waals surface area contributed by atoms with E-state index in [0.717, 1.165) is 11.1 Å². The van der Waals surface area contributed by atoms with Crippen molar-refractivity contribution in [2.75, 3.05) is 6.54 Å². The van der Waals surface area contributed by atoms with Gasteiger partial charge in [0.15, 0.2) is 0 Å². The van der Waals surface area contributed by atoms with Crippen molar-refractivity contribution in [2.45, 2.75) is 12.6 Å². The predicted molar refractivity (Wildman–Crippen MR) is 80.7 cm³/mol. The summed E-state index contributed by atoms with van der Waals surface area (Å²) in [6.07, 6.45) is -0.521. The van der Waals surface area contributed by atoms with Gasteiger partial charge in [0.1, 0.15) is 0 Å². The molecule has 5 nitrogen and oxygen atoms in total. The maximum absolute atomic E-state index is 9.95. The lowest BCUT2D eigenvalue weighted by Gasteiger charge is -2.08. The van der Waals surface area contributed by atoms with Gasteiger partial charge in [0.2, 0.25) is 11.8 Å². The summed E-state index contributed by atoms with van der Waals surface area (Å²) in [7, 11) is 0. The molecule has 21 heavy (non-hydrogen) atoms. The standard InChI is InChI=1S/C15H15N3O2S/c19-13(12-6-7-21-10-12)8-16-9-14-17-18-15(20-14)11-4-2-1-3-5-11/h1-7,10,13,16,19H,8-9H2. The van der Waals surface area contributed by atoms with E-state index in [9.17, 15) is 5.11 Å². The number of aliphatic hydroxyl groups excluding tert-OH is 1. The highest BCUT2D eigenvalue weighted by Gasteiger charge is 2.10. The Bertz CT molecular complexity index is 667. The van der Waals surface area contributed by atoms with Crippen LogP contribution in [0.3, 0.4) is 0 Å². The Morgan fingerprint density at radius 1 is 1.19 bits per heavy atom. The molecule has 2 N–H and O–H groups in total. The average Bonchev–Trinajstić information content (AvgIpc) is 3.20. The first-order chi connectivity index (χ1) is 10.3. The highest BCUT2D eigenvalue weighted by molar-refractivity contribution is 7.07. The Balaban J connectivity index is 1.54. The minimum atomic E-state index is -0.521. The quantitative estimate of drug-likeness (QED) is 0.732. The maximum Gasteiger partial charge on any atom is 0.247 e.